The number of hydrogen-bond donors (Lipinski definition) is 1. The third-order valence-corrected chi connectivity index (χ3v) is 6.51. The van der Waals surface area contributed by atoms with Gasteiger partial charge in [0.2, 0.25) is 5.91 Å². The molecule has 112 valence electrons. The summed E-state index contributed by atoms with van der Waals surface area (Å²) in [6, 6.07) is 8.31. The zero-order valence-corrected chi connectivity index (χ0v) is 12.7. The number of hydrogen-bond acceptors (Lipinski definition) is 4. The average Bonchev–Trinajstić information content (AvgIpc) is 3.02. The number of rotatable bonds is 4. The highest BCUT2D eigenvalue weighted by Gasteiger charge is 2.37. The minimum atomic E-state index is -3.44. The van der Waals surface area contributed by atoms with Gasteiger partial charge in [0.05, 0.1) is 16.9 Å². The van der Waals surface area contributed by atoms with Crippen molar-refractivity contribution in [2.24, 2.45) is 0 Å². The molecule has 6 heteroatoms. The Bertz CT molecular complexity index is 653. The molecule has 0 heterocycles. The predicted molar refractivity (Wildman–Crippen MR) is 80.4 cm³/mol. The molecule has 1 saturated carbocycles. The molecule has 0 aromatic heterocycles. The molecule has 5 nitrogen and oxygen atoms in total. The molecule has 1 aromatic rings. The summed E-state index contributed by atoms with van der Waals surface area (Å²) in [5.41, 5.74) is 0.979. The van der Waals surface area contributed by atoms with Crippen LogP contribution in [0.4, 0.5) is 5.69 Å². The van der Waals surface area contributed by atoms with Crippen LogP contribution in [0.25, 0.3) is 0 Å². The van der Waals surface area contributed by atoms with Gasteiger partial charge in [-0.15, -0.1) is 0 Å². The maximum Gasteiger partial charge on any atom is 0.242 e. The lowest BCUT2D eigenvalue weighted by Gasteiger charge is -2.17. The van der Waals surface area contributed by atoms with Gasteiger partial charge >= 0.3 is 0 Å². The normalized spacial score (nSPS) is 17.1. The fraction of sp³-hybridized carbons (Fsp3) is 0.467. The van der Waals surface area contributed by atoms with Crippen LogP contribution in [0.5, 0.6) is 0 Å². The Kier molecular flexibility index (Phi) is 4.63. The van der Waals surface area contributed by atoms with Gasteiger partial charge in [-0.1, -0.05) is 12.8 Å². The van der Waals surface area contributed by atoms with Gasteiger partial charge in [-0.2, -0.15) is 5.26 Å². The second-order valence-electron chi connectivity index (χ2n) is 5.32. The van der Waals surface area contributed by atoms with Crippen molar-refractivity contribution in [2.45, 2.75) is 43.1 Å². The number of amides is 1. The van der Waals surface area contributed by atoms with E-state index in [0.717, 1.165) is 12.8 Å². The number of carbonyl (C=O) groups is 1. The van der Waals surface area contributed by atoms with Gasteiger partial charge in [0.15, 0.2) is 9.84 Å². The largest absolute Gasteiger partial charge is 0.325 e. The van der Waals surface area contributed by atoms with Gasteiger partial charge in [-0.05, 0) is 44.0 Å². The van der Waals surface area contributed by atoms with E-state index >= 15 is 0 Å². The molecule has 1 N–H and O–H groups in total. The Morgan fingerprint density at radius 1 is 1.29 bits per heavy atom. The summed E-state index contributed by atoms with van der Waals surface area (Å²) >= 11 is 0. The predicted octanol–water partition coefficient (Wildman–Crippen LogP) is 2.24. The molecular weight excluding hydrogens is 288 g/mol. The second kappa shape index (κ2) is 6.27. The van der Waals surface area contributed by atoms with Crippen LogP contribution in [-0.2, 0) is 14.6 Å². The first-order valence-electron chi connectivity index (χ1n) is 6.99. The van der Waals surface area contributed by atoms with E-state index in [1.54, 1.807) is 24.3 Å². The van der Waals surface area contributed by atoms with E-state index in [0.29, 0.717) is 24.1 Å². The van der Waals surface area contributed by atoms with Crippen LogP contribution in [0, 0.1) is 11.3 Å². The fourth-order valence-corrected chi connectivity index (χ4v) is 4.45. The quantitative estimate of drug-likeness (QED) is 0.924. The minimum absolute atomic E-state index is 0.390. The molecule has 0 bridgehead atoms. The van der Waals surface area contributed by atoms with Crippen molar-refractivity contribution in [1.29, 1.82) is 5.26 Å². The van der Waals surface area contributed by atoms with Crippen molar-refractivity contribution in [2.75, 3.05) is 5.32 Å². The fourth-order valence-electron chi connectivity index (χ4n) is 2.53. The minimum Gasteiger partial charge on any atom is -0.325 e. The van der Waals surface area contributed by atoms with Crippen molar-refractivity contribution in [3.05, 3.63) is 29.8 Å². The van der Waals surface area contributed by atoms with E-state index < -0.39 is 21.0 Å². The Morgan fingerprint density at radius 3 is 2.38 bits per heavy atom. The van der Waals surface area contributed by atoms with E-state index in [1.807, 2.05) is 6.07 Å². The maximum absolute atomic E-state index is 12.4. The van der Waals surface area contributed by atoms with E-state index in [9.17, 15) is 13.2 Å². The van der Waals surface area contributed by atoms with Crippen molar-refractivity contribution in [1.82, 2.24) is 0 Å². The van der Waals surface area contributed by atoms with E-state index in [-0.39, 0.29) is 5.25 Å². The molecule has 1 aliphatic rings. The number of anilines is 1. The van der Waals surface area contributed by atoms with Crippen molar-refractivity contribution in [3.63, 3.8) is 0 Å². The highest BCUT2D eigenvalue weighted by atomic mass is 32.2. The Hall–Kier alpha value is -1.87. The van der Waals surface area contributed by atoms with Gasteiger partial charge < -0.3 is 5.32 Å². The van der Waals surface area contributed by atoms with Gasteiger partial charge in [-0.3, -0.25) is 4.79 Å². The number of nitrogens with one attached hydrogen (secondary N) is 1. The van der Waals surface area contributed by atoms with Crippen LogP contribution in [-0.4, -0.2) is 24.8 Å². The molecule has 0 spiro atoms. The zero-order valence-electron chi connectivity index (χ0n) is 11.9. The molecule has 21 heavy (non-hydrogen) atoms. The van der Waals surface area contributed by atoms with Gasteiger partial charge in [-0.25, -0.2) is 8.42 Å². The Labute approximate surface area is 124 Å². The zero-order chi connectivity index (χ0) is 15.5. The Morgan fingerprint density at radius 2 is 1.86 bits per heavy atom. The molecule has 1 aromatic carbocycles. The van der Waals surface area contributed by atoms with Gasteiger partial charge in [0.1, 0.15) is 5.25 Å². The second-order valence-corrected chi connectivity index (χ2v) is 7.87. The summed E-state index contributed by atoms with van der Waals surface area (Å²) in [5, 5.41) is 9.86. The molecule has 1 unspecified atom stereocenters. The molecule has 1 atom stereocenters. The SMILES string of the molecule is CC(C(=O)Nc1ccc(C#N)cc1)S(=O)(=O)C1CCCC1. The average molecular weight is 306 g/mol. The van der Waals surface area contributed by atoms with Crippen LogP contribution in [0.2, 0.25) is 0 Å². The summed E-state index contributed by atoms with van der Waals surface area (Å²) in [6.45, 7) is 1.44. The highest BCUT2D eigenvalue weighted by molar-refractivity contribution is 7.93. The van der Waals surface area contributed by atoms with Crippen molar-refractivity contribution < 1.29 is 13.2 Å². The van der Waals surface area contributed by atoms with E-state index in [1.165, 1.54) is 6.92 Å². The van der Waals surface area contributed by atoms with Crippen LogP contribution in [0.3, 0.4) is 0 Å². The summed E-state index contributed by atoms with van der Waals surface area (Å²) in [5.74, 6) is -0.522. The molecule has 1 fully saturated rings. The van der Waals surface area contributed by atoms with Crippen LogP contribution in [0.1, 0.15) is 38.2 Å². The third-order valence-electron chi connectivity index (χ3n) is 3.91. The number of nitriles is 1. The van der Waals surface area contributed by atoms with Crippen LogP contribution >= 0.6 is 0 Å². The van der Waals surface area contributed by atoms with Gasteiger partial charge in [0.25, 0.3) is 0 Å². The van der Waals surface area contributed by atoms with Crippen LogP contribution in [0.15, 0.2) is 24.3 Å². The monoisotopic (exact) mass is 306 g/mol. The molecule has 0 radical (unpaired) electrons. The van der Waals surface area contributed by atoms with Crippen LogP contribution < -0.4 is 5.32 Å². The first-order valence-corrected chi connectivity index (χ1v) is 8.60. The summed E-state index contributed by atoms with van der Waals surface area (Å²) in [7, 11) is -3.44. The lowest BCUT2D eigenvalue weighted by Crippen LogP contribution is -2.37. The van der Waals surface area contributed by atoms with E-state index in [2.05, 4.69) is 5.32 Å². The molecule has 0 saturated heterocycles. The molecular formula is C15H18N2O3S. The topological polar surface area (TPSA) is 87.0 Å². The number of sulfone groups is 1. The van der Waals surface area contributed by atoms with Crippen molar-refractivity contribution >= 4 is 21.4 Å². The molecule has 0 aliphatic heterocycles. The highest BCUT2D eigenvalue weighted by Crippen LogP contribution is 2.27. The lowest BCUT2D eigenvalue weighted by atomic mass is 10.2. The number of benzene rings is 1. The Balaban J connectivity index is 2.06. The number of carbonyl (C=O) groups excluding carboxylic acids is 1. The van der Waals surface area contributed by atoms with Gasteiger partial charge in [0, 0.05) is 5.69 Å². The first kappa shape index (κ1) is 15.5. The number of nitrogens with zero attached hydrogens (tertiary/aromatic N) is 1. The third kappa shape index (κ3) is 3.42. The molecule has 2 rings (SSSR count). The summed E-state index contributed by atoms with van der Waals surface area (Å²) in [4.78, 5) is 12.1. The maximum atomic E-state index is 12.4. The van der Waals surface area contributed by atoms with Crippen molar-refractivity contribution in [3.8, 4) is 6.07 Å². The standard InChI is InChI=1S/C15H18N2O3S/c1-11(21(19,20)14-4-2-3-5-14)15(18)17-13-8-6-12(10-16)7-9-13/h6-9,11,14H,2-5H2,1H3,(H,17,18). The summed E-state index contributed by atoms with van der Waals surface area (Å²) < 4.78 is 24.7. The summed E-state index contributed by atoms with van der Waals surface area (Å²) in [6.07, 6.45) is 3.12. The molecule has 1 aliphatic carbocycles. The molecule has 1 amide bonds. The lowest BCUT2D eigenvalue weighted by molar-refractivity contribution is -0.115. The van der Waals surface area contributed by atoms with E-state index in [4.69, 9.17) is 5.26 Å². The smallest absolute Gasteiger partial charge is 0.242 e. The first-order chi connectivity index (χ1) is 9.95.